The molecule has 0 bridgehead atoms. The van der Waals surface area contributed by atoms with E-state index in [1.807, 2.05) is 12.1 Å². The minimum atomic E-state index is 0.693. The fourth-order valence-electron chi connectivity index (χ4n) is 9.78. The highest BCUT2D eigenvalue weighted by atomic mass is 15.0. The van der Waals surface area contributed by atoms with E-state index in [2.05, 4.69) is 226 Å². The smallest absolute Gasteiger partial charge is 0.160 e. The third-order valence-corrected chi connectivity index (χ3v) is 12.6. The molecule has 0 aliphatic heterocycles. The molecule has 13 aromatic rings. The molecule has 63 heavy (non-hydrogen) atoms. The summed E-state index contributed by atoms with van der Waals surface area (Å²) in [6.45, 7) is 0. The maximum Gasteiger partial charge on any atom is 0.160 e. The molecule has 0 aliphatic carbocycles. The van der Waals surface area contributed by atoms with Crippen molar-refractivity contribution in [2.75, 3.05) is 0 Å². The zero-order chi connectivity index (χ0) is 41.4. The van der Waals surface area contributed by atoms with Gasteiger partial charge in [-0.2, -0.15) is 0 Å². The van der Waals surface area contributed by atoms with Crippen molar-refractivity contribution in [3.63, 3.8) is 0 Å². The number of rotatable bonds is 6. The Morgan fingerprint density at radius 2 is 0.571 bits per heavy atom. The number of aromatic nitrogens is 5. The Balaban J connectivity index is 1.04. The van der Waals surface area contributed by atoms with Crippen LogP contribution in [0.2, 0.25) is 0 Å². The van der Waals surface area contributed by atoms with E-state index in [1.165, 1.54) is 54.4 Å². The molecule has 5 heteroatoms. The molecule has 4 heterocycles. The van der Waals surface area contributed by atoms with Crippen molar-refractivity contribution < 1.29 is 0 Å². The molecular formula is C58H37N5. The minimum Gasteiger partial charge on any atom is -0.309 e. The summed E-state index contributed by atoms with van der Waals surface area (Å²) in [5.74, 6) is 0.693. The van der Waals surface area contributed by atoms with Crippen LogP contribution < -0.4 is 0 Å². The zero-order valence-corrected chi connectivity index (χ0v) is 34.1. The monoisotopic (exact) mass is 803 g/mol. The second kappa shape index (κ2) is 14.0. The molecule has 294 valence electrons. The largest absolute Gasteiger partial charge is 0.309 e. The molecule has 0 atom stereocenters. The number of nitrogens with zero attached hydrogens (tertiary/aromatic N) is 5. The molecule has 13 rings (SSSR count). The molecule has 9 aromatic carbocycles. The molecule has 0 saturated carbocycles. The lowest BCUT2D eigenvalue weighted by atomic mass is 10.1. The van der Waals surface area contributed by atoms with Gasteiger partial charge in [0.1, 0.15) is 0 Å². The molecule has 0 spiro atoms. The van der Waals surface area contributed by atoms with E-state index in [0.717, 1.165) is 56.2 Å². The average molecular weight is 804 g/mol. The molecule has 0 radical (unpaired) electrons. The summed E-state index contributed by atoms with van der Waals surface area (Å²) in [7, 11) is 0. The predicted octanol–water partition coefficient (Wildman–Crippen LogP) is 14.8. The average Bonchev–Trinajstić information content (AvgIpc) is 3.98. The number of fused-ring (bicyclic) bond motifs is 9. The van der Waals surface area contributed by atoms with Crippen LogP contribution in [0.5, 0.6) is 0 Å². The van der Waals surface area contributed by atoms with Crippen LogP contribution in [0.1, 0.15) is 0 Å². The SMILES string of the molecule is c1ccc(-c2cc(-c3ccccc3)nc(-c3ccc(-n4c5ccccc5c5cc6c(cc54)c4cc5c(cc4n6-c4ccccc4)c4ccccc4n5-c4ccccc4)cc3)n2)cc1. The van der Waals surface area contributed by atoms with Crippen molar-refractivity contribution in [3.05, 3.63) is 224 Å². The van der Waals surface area contributed by atoms with Crippen LogP contribution in [0.25, 0.3) is 116 Å². The van der Waals surface area contributed by atoms with Gasteiger partial charge in [0.25, 0.3) is 0 Å². The number of benzene rings is 9. The maximum absolute atomic E-state index is 5.12. The van der Waals surface area contributed by atoms with E-state index in [0.29, 0.717) is 5.82 Å². The molecule has 0 saturated heterocycles. The van der Waals surface area contributed by atoms with E-state index in [9.17, 15) is 0 Å². The van der Waals surface area contributed by atoms with Crippen molar-refractivity contribution in [1.29, 1.82) is 0 Å². The Bertz CT molecular complexity index is 3810. The fraction of sp³-hybridized carbons (Fsp3) is 0. The lowest BCUT2D eigenvalue weighted by Gasteiger charge is -2.11. The minimum absolute atomic E-state index is 0.693. The normalized spacial score (nSPS) is 11.8. The van der Waals surface area contributed by atoms with Crippen LogP contribution in [0, 0.1) is 0 Å². The van der Waals surface area contributed by atoms with Gasteiger partial charge in [-0.25, -0.2) is 9.97 Å². The predicted molar refractivity (Wildman–Crippen MR) is 261 cm³/mol. The first kappa shape index (κ1) is 35.2. The van der Waals surface area contributed by atoms with Crippen LogP contribution in [0.3, 0.4) is 0 Å². The van der Waals surface area contributed by atoms with E-state index >= 15 is 0 Å². The molecule has 0 unspecified atom stereocenters. The van der Waals surface area contributed by atoms with Gasteiger partial charge in [0.2, 0.25) is 0 Å². The first-order valence-electron chi connectivity index (χ1n) is 21.4. The van der Waals surface area contributed by atoms with Crippen LogP contribution >= 0.6 is 0 Å². The van der Waals surface area contributed by atoms with Crippen molar-refractivity contribution in [3.8, 4) is 51.0 Å². The second-order valence-corrected chi connectivity index (χ2v) is 16.2. The highest BCUT2D eigenvalue weighted by molar-refractivity contribution is 6.22. The van der Waals surface area contributed by atoms with Crippen LogP contribution in [-0.2, 0) is 0 Å². The Morgan fingerprint density at radius 3 is 1.00 bits per heavy atom. The summed E-state index contributed by atoms with van der Waals surface area (Å²) in [5.41, 5.74) is 15.3. The summed E-state index contributed by atoms with van der Waals surface area (Å²) in [5, 5.41) is 7.30. The van der Waals surface area contributed by atoms with Gasteiger partial charge in [0.15, 0.2) is 5.82 Å². The summed E-state index contributed by atoms with van der Waals surface area (Å²) >= 11 is 0. The van der Waals surface area contributed by atoms with E-state index in [4.69, 9.17) is 9.97 Å². The lowest BCUT2D eigenvalue weighted by molar-refractivity contribution is 1.16. The molecule has 0 fully saturated rings. The molecule has 0 N–H and O–H groups in total. The molecule has 0 amide bonds. The van der Waals surface area contributed by atoms with Gasteiger partial charge in [-0.15, -0.1) is 0 Å². The first-order chi connectivity index (χ1) is 31.2. The Morgan fingerprint density at radius 1 is 0.238 bits per heavy atom. The van der Waals surface area contributed by atoms with Crippen molar-refractivity contribution in [2.24, 2.45) is 0 Å². The number of hydrogen-bond acceptors (Lipinski definition) is 2. The molecule has 0 aliphatic rings. The van der Waals surface area contributed by atoms with Crippen LogP contribution in [-0.4, -0.2) is 23.7 Å². The quantitative estimate of drug-likeness (QED) is 0.168. The molecular weight excluding hydrogens is 767 g/mol. The third kappa shape index (κ3) is 5.57. The Hall–Kier alpha value is -8.54. The first-order valence-corrected chi connectivity index (χ1v) is 21.4. The standard InChI is InChI=1S/C58H37N5/c1-5-17-38(18-6-1)50-37-51(39-19-7-2-8-20-39)60-58(59-50)40-29-31-43(32-30-40)62-53-28-16-14-26-45(53)47-34-57-49(36-55(47)62)48-35-54-46(33-56(48)63(57)42-23-11-4-12-24-42)44-25-13-15-27-52(44)61(54)41-21-9-3-10-22-41/h1-37H. The maximum atomic E-state index is 5.12. The van der Waals surface area contributed by atoms with E-state index in [-0.39, 0.29) is 0 Å². The Labute approximate surface area is 363 Å². The summed E-state index contributed by atoms with van der Waals surface area (Å²) in [6, 6.07) is 80.2. The number of hydrogen-bond donors (Lipinski definition) is 0. The molecule has 4 aromatic heterocycles. The van der Waals surface area contributed by atoms with Gasteiger partial charge in [-0.1, -0.05) is 133 Å². The summed E-state index contributed by atoms with van der Waals surface area (Å²) in [6.07, 6.45) is 0. The number of para-hydroxylation sites is 4. The van der Waals surface area contributed by atoms with Gasteiger partial charge >= 0.3 is 0 Å². The van der Waals surface area contributed by atoms with Gasteiger partial charge < -0.3 is 13.7 Å². The van der Waals surface area contributed by atoms with E-state index in [1.54, 1.807) is 0 Å². The highest BCUT2D eigenvalue weighted by Gasteiger charge is 2.22. The van der Waals surface area contributed by atoms with Crippen LogP contribution in [0.15, 0.2) is 224 Å². The Kier molecular flexibility index (Phi) is 7.84. The van der Waals surface area contributed by atoms with Crippen molar-refractivity contribution >= 4 is 65.4 Å². The molecule has 5 nitrogen and oxygen atoms in total. The fourth-order valence-corrected chi connectivity index (χ4v) is 9.78. The van der Waals surface area contributed by atoms with Crippen molar-refractivity contribution in [1.82, 2.24) is 23.7 Å². The van der Waals surface area contributed by atoms with Gasteiger partial charge in [0.05, 0.1) is 44.5 Å². The van der Waals surface area contributed by atoms with E-state index < -0.39 is 0 Å². The third-order valence-electron chi connectivity index (χ3n) is 12.6. The zero-order valence-electron chi connectivity index (χ0n) is 34.1. The summed E-state index contributed by atoms with van der Waals surface area (Å²) in [4.78, 5) is 10.2. The van der Waals surface area contributed by atoms with Gasteiger partial charge in [0, 0.05) is 66.1 Å². The van der Waals surface area contributed by atoms with Crippen LogP contribution in [0.4, 0.5) is 0 Å². The second-order valence-electron chi connectivity index (χ2n) is 16.2. The van der Waals surface area contributed by atoms with Crippen molar-refractivity contribution in [2.45, 2.75) is 0 Å². The van der Waals surface area contributed by atoms with Gasteiger partial charge in [-0.05, 0) is 91.0 Å². The topological polar surface area (TPSA) is 40.6 Å². The highest BCUT2D eigenvalue weighted by Crippen LogP contribution is 2.43. The summed E-state index contributed by atoms with van der Waals surface area (Å²) < 4.78 is 7.27. The lowest BCUT2D eigenvalue weighted by Crippen LogP contribution is -1.97. The van der Waals surface area contributed by atoms with Gasteiger partial charge in [-0.3, -0.25) is 0 Å².